The fourth-order valence-corrected chi connectivity index (χ4v) is 5.13. The summed E-state index contributed by atoms with van der Waals surface area (Å²) < 4.78 is 11.1. The van der Waals surface area contributed by atoms with Gasteiger partial charge in [0.25, 0.3) is 0 Å². The number of rotatable bonds is 16. The molecule has 0 radical (unpaired) electrons. The van der Waals surface area contributed by atoms with Gasteiger partial charge in [0.15, 0.2) is 0 Å². The van der Waals surface area contributed by atoms with Crippen LogP contribution in [0.2, 0.25) is 0 Å². The normalized spacial score (nSPS) is 19.0. The lowest BCUT2D eigenvalue weighted by Gasteiger charge is -2.31. The predicted molar refractivity (Wildman–Crippen MR) is 151 cm³/mol. The van der Waals surface area contributed by atoms with Crippen LogP contribution in [0.25, 0.3) is 0 Å². The van der Waals surface area contributed by atoms with Gasteiger partial charge >= 0.3 is 11.9 Å². The van der Waals surface area contributed by atoms with E-state index in [1.165, 1.54) is 56.9 Å². The Morgan fingerprint density at radius 3 is 2.08 bits per heavy atom. The number of aliphatic hydroxyl groups excluding tert-OH is 2. The van der Waals surface area contributed by atoms with E-state index in [-0.39, 0.29) is 38.4 Å². The Morgan fingerprint density at radius 2 is 1.55 bits per heavy atom. The Hall–Kier alpha value is -2.44. The molecule has 1 aromatic rings. The van der Waals surface area contributed by atoms with E-state index in [1.54, 1.807) is 6.92 Å². The quantitative estimate of drug-likeness (QED) is 0.155. The van der Waals surface area contributed by atoms with Crippen LogP contribution in [-0.2, 0) is 24.5 Å². The first-order valence-corrected chi connectivity index (χ1v) is 14.1. The molecule has 6 nitrogen and oxygen atoms in total. The van der Waals surface area contributed by atoms with Gasteiger partial charge in [0.2, 0.25) is 0 Å². The van der Waals surface area contributed by atoms with Crippen LogP contribution in [0.3, 0.4) is 0 Å². The summed E-state index contributed by atoms with van der Waals surface area (Å²) in [6, 6.07) is 8.41. The molecule has 2 N–H and O–H groups in total. The zero-order chi connectivity index (χ0) is 28.1. The summed E-state index contributed by atoms with van der Waals surface area (Å²) in [5.74, 6) is -0.129. The molecule has 1 unspecified atom stereocenters. The Balaban J connectivity index is 2.08. The highest BCUT2D eigenvalue weighted by Gasteiger charge is 2.32. The highest BCUT2D eigenvalue weighted by molar-refractivity contribution is 5.88. The van der Waals surface area contributed by atoms with E-state index in [1.807, 2.05) is 19.1 Å². The molecule has 0 bridgehead atoms. The van der Waals surface area contributed by atoms with Crippen LogP contribution < -0.4 is 0 Å². The number of carbonyl (C=O) groups excluding carboxylic acids is 2. The smallest absolute Gasteiger partial charge is 0.333 e. The van der Waals surface area contributed by atoms with Crippen LogP contribution in [0.4, 0.5) is 0 Å². The lowest BCUT2D eigenvalue weighted by molar-refractivity contribution is -0.145. The van der Waals surface area contributed by atoms with E-state index in [9.17, 15) is 19.8 Å². The zero-order valence-electron chi connectivity index (χ0n) is 23.7. The second-order valence-corrected chi connectivity index (χ2v) is 11.4. The lowest BCUT2D eigenvalue weighted by Crippen LogP contribution is -2.36. The average molecular weight is 529 g/mol. The third-order valence-electron chi connectivity index (χ3n) is 7.87. The van der Waals surface area contributed by atoms with Crippen molar-refractivity contribution in [3.8, 4) is 0 Å². The van der Waals surface area contributed by atoms with Crippen LogP contribution in [-0.4, -0.2) is 48.6 Å². The minimum atomic E-state index is -0.774. The summed E-state index contributed by atoms with van der Waals surface area (Å²) >= 11 is 0. The molecule has 0 aromatic heterocycles. The number of esters is 2. The maximum atomic E-state index is 12.6. The Morgan fingerprint density at radius 1 is 0.974 bits per heavy atom. The molecule has 1 saturated carbocycles. The summed E-state index contributed by atoms with van der Waals surface area (Å²) in [7, 11) is 0. The second kappa shape index (κ2) is 15.8. The molecule has 1 atom stereocenters. The molecule has 0 spiro atoms. The highest BCUT2D eigenvalue weighted by atomic mass is 16.5. The van der Waals surface area contributed by atoms with Gasteiger partial charge in [-0.15, -0.1) is 0 Å². The summed E-state index contributed by atoms with van der Waals surface area (Å²) in [6.07, 6.45) is 10.5. The molecule has 38 heavy (non-hydrogen) atoms. The van der Waals surface area contributed by atoms with Gasteiger partial charge < -0.3 is 19.7 Å². The van der Waals surface area contributed by atoms with Gasteiger partial charge in [-0.05, 0) is 68.9 Å². The number of benzene rings is 1. The first-order valence-electron chi connectivity index (χ1n) is 14.1. The summed E-state index contributed by atoms with van der Waals surface area (Å²) in [4.78, 5) is 24.7. The predicted octanol–water partition coefficient (Wildman–Crippen LogP) is 6.01. The van der Waals surface area contributed by atoms with Crippen molar-refractivity contribution in [3.05, 3.63) is 59.7 Å². The number of unbranched alkanes of at least 4 members (excludes halogenated alkanes) is 2. The van der Waals surface area contributed by atoms with Crippen molar-refractivity contribution in [2.75, 3.05) is 26.4 Å². The first-order chi connectivity index (χ1) is 18.1. The number of hydrogen-bond acceptors (Lipinski definition) is 6. The summed E-state index contributed by atoms with van der Waals surface area (Å²) in [5.41, 5.74) is 1.94. The Labute approximate surface area is 229 Å². The minimum absolute atomic E-state index is 0.0144. The maximum Gasteiger partial charge on any atom is 0.333 e. The number of hydrogen-bond donors (Lipinski definition) is 2. The van der Waals surface area contributed by atoms with Crippen LogP contribution in [0.15, 0.2) is 48.6 Å². The van der Waals surface area contributed by atoms with Gasteiger partial charge in [-0.3, -0.25) is 0 Å². The van der Waals surface area contributed by atoms with E-state index in [0.717, 1.165) is 11.5 Å². The topological polar surface area (TPSA) is 93.1 Å². The fourth-order valence-electron chi connectivity index (χ4n) is 5.13. The lowest BCUT2D eigenvalue weighted by atomic mass is 9.76. The van der Waals surface area contributed by atoms with Crippen LogP contribution >= 0.6 is 0 Å². The summed E-state index contributed by atoms with van der Waals surface area (Å²) in [5, 5.41) is 18.6. The molecule has 1 fully saturated rings. The van der Waals surface area contributed by atoms with Gasteiger partial charge in [-0.2, -0.15) is 0 Å². The van der Waals surface area contributed by atoms with Gasteiger partial charge in [-0.25, -0.2) is 9.59 Å². The van der Waals surface area contributed by atoms with Crippen molar-refractivity contribution in [2.45, 2.75) is 89.9 Å². The molecule has 0 heterocycles. The van der Waals surface area contributed by atoms with Crippen LogP contribution in [0.5, 0.6) is 0 Å². The second-order valence-electron chi connectivity index (χ2n) is 11.4. The van der Waals surface area contributed by atoms with Crippen molar-refractivity contribution in [2.24, 2.45) is 11.8 Å². The van der Waals surface area contributed by atoms with E-state index < -0.39 is 23.3 Å². The molecular weight excluding hydrogens is 480 g/mol. The molecule has 0 saturated heterocycles. The average Bonchev–Trinajstić information content (AvgIpc) is 2.93. The summed E-state index contributed by atoms with van der Waals surface area (Å²) in [6.45, 7) is 12.7. The van der Waals surface area contributed by atoms with Crippen molar-refractivity contribution < 1.29 is 29.3 Å². The van der Waals surface area contributed by atoms with Crippen molar-refractivity contribution in [1.82, 2.24) is 0 Å². The number of carbonyl (C=O) groups is 2. The van der Waals surface area contributed by atoms with E-state index in [4.69, 9.17) is 9.47 Å². The number of ether oxygens (including phenoxy) is 2. The van der Waals surface area contributed by atoms with Gasteiger partial charge in [0.1, 0.15) is 13.2 Å². The highest BCUT2D eigenvalue weighted by Crippen LogP contribution is 2.38. The molecule has 0 amide bonds. The molecule has 0 aliphatic heterocycles. The van der Waals surface area contributed by atoms with Crippen LogP contribution in [0.1, 0.15) is 95.6 Å². The van der Waals surface area contributed by atoms with Gasteiger partial charge in [-0.1, -0.05) is 70.0 Å². The minimum Gasteiger partial charge on any atom is -0.461 e. The molecule has 2 rings (SSSR count). The van der Waals surface area contributed by atoms with Crippen LogP contribution in [0, 0.1) is 11.8 Å². The maximum absolute atomic E-state index is 12.6. The fraction of sp³-hybridized carbons (Fsp3) is 0.625. The van der Waals surface area contributed by atoms with E-state index in [2.05, 4.69) is 32.2 Å². The largest absolute Gasteiger partial charge is 0.461 e. The Bertz CT molecular complexity index is 908. The van der Waals surface area contributed by atoms with Crippen molar-refractivity contribution in [1.29, 1.82) is 0 Å². The molecule has 1 aliphatic rings. The third kappa shape index (κ3) is 9.70. The van der Waals surface area contributed by atoms with E-state index in [0.29, 0.717) is 11.5 Å². The molecular formula is C32H48O6. The van der Waals surface area contributed by atoms with Gasteiger partial charge in [0, 0.05) is 30.3 Å². The zero-order valence-corrected chi connectivity index (χ0v) is 23.7. The van der Waals surface area contributed by atoms with Crippen molar-refractivity contribution >= 4 is 11.9 Å². The standard InChI is InChI=1S/C32H48O6/c1-6-7-8-9-25-10-12-27(13-11-25)28-14-16-29(17-15-28)32(5,21-37-30(35)23(2)3)22-38-31(36)24(4)18-26(19-33)20-34/h14-17,25-27,33-34H,2,4,6-13,18-22H2,1,3,5H3. The van der Waals surface area contributed by atoms with Gasteiger partial charge in [0.05, 0.1) is 5.41 Å². The van der Waals surface area contributed by atoms with Crippen molar-refractivity contribution in [3.63, 3.8) is 0 Å². The SMILES string of the molecule is C=C(C)C(=O)OCC(C)(COC(=O)C(=C)CC(CO)CO)c1ccc(C2CCC(CCCCC)CC2)cc1. The van der Waals surface area contributed by atoms with E-state index >= 15 is 0 Å². The first kappa shape index (κ1) is 31.8. The third-order valence-corrected chi connectivity index (χ3v) is 7.87. The molecule has 1 aliphatic carbocycles. The Kier molecular flexibility index (Phi) is 13.3. The molecule has 1 aromatic carbocycles. The molecule has 212 valence electrons. The monoisotopic (exact) mass is 528 g/mol. The molecule has 6 heteroatoms. The number of aliphatic hydroxyl groups is 2.